The van der Waals surface area contributed by atoms with Crippen LogP contribution in [0.2, 0.25) is 5.02 Å². The van der Waals surface area contributed by atoms with E-state index in [4.69, 9.17) is 20.9 Å². The molecule has 1 aliphatic heterocycles. The monoisotopic (exact) mass is 350 g/mol. The Hall–Kier alpha value is -1.47. The highest BCUT2D eigenvalue weighted by atomic mass is 35.5. The molecule has 2 aromatic rings. The van der Waals surface area contributed by atoms with E-state index in [0.29, 0.717) is 24.7 Å². The predicted molar refractivity (Wildman–Crippen MR) is 92.1 cm³/mol. The summed E-state index contributed by atoms with van der Waals surface area (Å²) < 4.78 is 10.7. The Balaban J connectivity index is 1.47. The lowest BCUT2D eigenvalue weighted by Crippen LogP contribution is -2.40. The maximum Gasteiger partial charge on any atom is 0.240 e. The smallest absolute Gasteiger partial charge is 0.240 e. The van der Waals surface area contributed by atoms with E-state index < -0.39 is 0 Å². The minimum absolute atomic E-state index is 0.584. The molecule has 1 fully saturated rings. The summed E-state index contributed by atoms with van der Waals surface area (Å²) in [5.41, 5.74) is 1.01. The fraction of sp³-hybridized carbons (Fsp3) is 0.529. The summed E-state index contributed by atoms with van der Waals surface area (Å²) in [6, 6.07) is 7.72. The molecule has 7 heteroatoms. The molecule has 0 unspecified atom stereocenters. The van der Waals surface area contributed by atoms with Crippen LogP contribution in [-0.2, 0) is 17.7 Å². The van der Waals surface area contributed by atoms with E-state index in [1.165, 1.54) is 0 Å². The minimum Gasteiger partial charge on any atom is -0.379 e. The van der Waals surface area contributed by atoms with E-state index in [-0.39, 0.29) is 0 Å². The van der Waals surface area contributed by atoms with Gasteiger partial charge in [0.05, 0.1) is 19.8 Å². The molecule has 24 heavy (non-hydrogen) atoms. The number of rotatable bonds is 7. The molecule has 0 N–H and O–H groups in total. The van der Waals surface area contributed by atoms with Gasteiger partial charge in [-0.05, 0) is 18.7 Å². The SMILES string of the molecule is CN(CCN1CCOCC1)Cc1nc(Cc2ccccc2Cl)no1. The standard InChI is InChI=1S/C17H23ClN4O2/c1-21(6-7-22-8-10-23-11-9-22)13-17-19-16(20-24-17)12-14-4-2-3-5-15(14)18/h2-5H,6-13H2,1H3. The van der Waals surface area contributed by atoms with Gasteiger partial charge in [-0.3, -0.25) is 9.80 Å². The van der Waals surface area contributed by atoms with Crippen molar-refractivity contribution in [2.24, 2.45) is 0 Å². The second-order valence-electron chi connectivity index (χ2n) is 6.06. The zero-order valence-corrected chi connectivity index (χ0v) is 14.7. The van der Waals surface area contributed by atoms with Crippen molar-refractivity contribution < 1.29 is 9.26 Å². The molecule has 0 spiro atoms. The van der Waals surface area contributed by atoms with Gasteiger partial charge < -0.3 is 9.26 Å². The molecule has 0 radical (unpaired) electrons. The molecule has 1 saturated heterocycles. The molecule has 0 saturated carbocycles. The summed E-state index contributed by atoms with van der Waals surface area (Å²) in [4.78, 5) is 9.08. The van der Waals surface area contributed by atoms with Crippen LogP contribution in [0.1, 0.15) is 17.3 Å². The van der Waals surface area contributed by atoms with Gasteiger partial charge in [0.1, 0.15) is 0 Å². The highest BCUT2D eigenvalue weighted by molar-refractivity contribution is 6.31. The normalized spacial score (nSPS) is 16.0. The Bertz CT molecular complexity index is 643. The zero-order valence-electron chi connectivity index (χ0n) is 13.9. The molecule has 0 aliphatic carbocycles. The van der Waals surface area contributed by atoms with Gasteiger partial charge >= 0.3 is 0 Å². The van der Waals surface area contributed by atoms with Crippen molar-refractivity contribution in [2.75, 3.05) is 46.4 Å². The maximum absolute atomic E-state index is 6.17. The molecule has 0 atom stereocenters. The number of benzene rings is 1. The molecule has 2 heterocycles. The third-order valence-electron chi connectivity index (χ3n) is 4.12. The lowest BCUT2D eigenvalue weighted by Gasteiger charge is -2.28. The van der Waals surface area contributed by atoms with Crippen LogP contribution in [0.5, 0.6) is 0 Å². The summed E-state index contributed by atoms with van der Waals surface area (Å²) in [6.45, 7) is 6.33. The Labute approximate surface area is 147 Å². The molecule has 0 amide bonds. The van der Waals surface area contributed by atoms with Gasteiger partial charge in [-0.1, -0.05) is 35.0 Å². The highest BCUT2D eigenvalue weighted by Gasteiger charge is 2.13. The van der Waals surface area contributed by atoms with E-state index >= 15 is 0 Å². The van der Waals surface area contributed by atoms with Crippen molar-refractivity contribution in [3.05, 3.63) is 46.6 Å². The third kappa shape index (κ3) is 5.01. The first-order valence-electron chi connectivity index (χ1n) is 8.24. The molecule has 6 nitrogen and oxygen atoms in total. The van der Waals surface area contributed by atoms with Gasteiger partial charge in [-0.15, -0.1) is 0 Å². The summed E-state index contributed by atoms with van der Waals surface area (Å²) in [5.74, 6) is 1.31. The molecule has 130 valence electrons. The van der Waals surface area contributed by atoms with Crippen LogP contribution >= 0.6 is 11.6 Å². The van der Waals surface area contributed by atoms with E-state index in [2.05, 4.69) is 27.0 Å². The average molecular weight is 351 g/mol. The van der Waals surface area contributed by atoms with Crippen molar-refractivity contribution >= 4 is 11.6 Å². The van der Waals surface area contributed by atoms with E-state index in [1.807, 2.05) is 24.3 Å². The van der Waals surface area contributed by atoms with Crippen molar-refractivity contribution in [3.63, 3.8) is 0 Å². The van der Waals surface area contributed by atoms with Gasteiger partial charge in [0.25, 0.3) is 0 Å². The Morgan fingerprint density at radius 3 is 2.83 bits per heavy atom. The van der Waals surface area contributed by atoms with Crippen molar-refractivity contribution in [2.45, 2.75) is 13.0 Å². The Morgan fingerprint density at radius 2 is 2.04 bits per heavy atom. The number of morpholine rings is 1. The maximum atomic E-state index is 6.17. The molecular weight excluding hydrogens is 328 g/mol. The predicted octanol–water partition coefficient (Wildman–Crippen LogP) is 2.08. The van der Waals surface area contributed by atoms with Crippen LogP contribution in [0, 0.1) is 0 Å². The van der Waals surface area contributed by atoms with Crippen molar-refractivity contribution in [1.29, 1.82) is 0 Å². The van der Waals surface area contributed by atoms with Gasteiger partial charge in [0.2, 0.25) is 5.89 Å². The Morgan fingerprint density at radius 1 is 1.25 bits per heavy atom. The lowest BCUT2D eigenvalue weighted by atomic mass is 10.1. The van der Waals surface area contributed by atoms with Crippen molar-refractivity contribution in [3.8, 4) is 0 Å². The van der Waals surface area contributed by atoms with Crippen LogP contribution in [0.4, 0.5) is 0 Å². The molecule has 3 rings (SSSR count). The molecule has 1 aromatic heterocycles. The zero-order chi connectivity index (χ0) is 16.8. The van der Waals surface area contributed by atoms with E-state index in [1.54, 1.807) is 0 Å². The topological polar surface area (TPSA) is 54.6 Å². The first-order valence-corrected chi connectivity index (χ1v) is 8.62. The lowest BCUT2D eigenvalue weighted by molar-refractivity contribution is 0.0338. The van der Waals surface area contributed by atoms with Crippen LogP contribution in [-0.4, -0.2) is 66.4 Å². The first kappa shape index (κ1) is 17.4. The summed E-state index contributed by atoms with van der Waals surface area (Å²) in [7, 11) is 2.07. The minimum atomic E-state index is 0.584. The Kier molecular flexibility index (Phi) is 6.20. The van der Waals surface area contributed by atoms with Crippen LogP contribution in [0.3, 0.4) is 0 Å². The number of nitrogens with zero attached hydrogens (tertiary/aromatic N) is 4. The summed E-state index contributed by atoms with van der Waals surface area (Å²) in [5, 5.41) is 4.79. The number of ether oxygens (including phenoxy) is 1. The number of hydrogen-bond acceptors (Lipinski definition) is 6. The fourth-order valence-corrected chi connectivity index (χ4v) is 2.89. The number of halogens is 1. The average Bonchev–Trinajstić information content (AvgIpc) is 3.03. The fourth-order valence-electron chi connectivity index (χ4n) is 2.69. The second kappa shape index (κ2) is 8.58. The van der Waals surface area contributed by atoms with Gasteiger partial charge in [0.15, 0.2) is 5.82 Å². The molecule has 1 aromatic carbocycles. The molecule has 1 aliphatic rings. The van der Waals surface area contributed by atoms with Gasteiger partial charge in [-0.25, -0.2) is 0 Å². The first-order chi connectivity index (χ1) is 11.7. The van der Waals surface area contributed by atoms with Crippen LogP contribution in [0.15, 0.2) is 28.8 Å². The molecule has 0 bridgehead atoms. The number of hydrogen-bond donors (Lipinski definition) is 0. The van der Waals surface area contributed by atoms with Crippen molar-refractivity contribution in [1.82, 2.24) is 19.9 Å². The summed E-state index contributed by atoms with van der Waals surface area (Å²) in [6.07, 6.45) is 0.584. The highest BCUT2D eigenvalue weighted by Crippen LogP contribution is 2.17. The van der Waals surface area contributed by atoms with Gasteiger partial charge in [0, 0.05) is 37.6 Å². The quantitative estimate of drug-likeness (QED) is 0.762. The van der Waals surface area contributed by atoms with E-state index in [0.717, 1.165) is 50.0 Å². The third-order valence-corrected chi connectivity index (χ3v) is 4.49. The second-order valence-corrected chi connectivity index (χ2v) is 6.47. The van der Waals surface area contributed by atoms with Gasteiger partial charge in [-0.2, -0.15) is 4.98 Å². The number of aromatic nitrogens is 2. The molecular formula is C17H23ClN4O2. The van der Waals surface area contributed by atoms with Crippen LogP contribution < -0.4 is 0 Å². The van der Waals surface area contributed by atoms with Crippen LogP contribution in [0.25, 0.3) is 0 Å². The summed E-state index contributed by atoms with van der Waals surface area (Å²) >= 11 is 6.17. The number of likely N-dealkylation sites (N-methyl/N-ethyl adjacent to an activating group) is 1. The van der Waals surface area contributed by atoms with E-state index in [9.17, 15) is 0 Å². The largest absolute Gasteiger partial charge is 0.379 e.